The number of carbonyl (C=O) groups excluding carboxylic acids is 1. The summed E-state index contributed by atoms with van der Waals surface area (Å²) in [7, 11) is 0. The van der Waals surface area contributed by atoms with Gasteiger partial charge >= 0.3 is 0 Å². The van der Waals surface area contributed by atoms with E-state index >= 15 is 0 Å². The molecule has 0 saturated carbocycles. The van der Waals surface area contributed by atoms with Crippen molar-refractivity contribution in [3.05, 3.63) is 125 Å². The third-order valence-corrected chi connectivity index (χ3v) is 5.39. The highest BCUT2D eigenvalue weighted by molar-refractivity contribution is 5.89. The second-order valence-electron chi connectivity index (χ2n) is 7.32. The number of carbonyl (C=O) groups is 1. The van der Waals surface area contributed by atoms with Gasteiger partial charge in [-0.2, -0.15) is 5.10 Å². The Kier molecular flexibility index (Phi) is 5.39. The molecule has 0 aliphatic rings. The van der Waals surface area contributed by atoms with Crippen LogP contribution in [0.15, 0.2) is 91.0 Å². The largest absolute Gasteiger partial charge is 0.271 e. The van der Waals surface area contributed by atoms with Gasteiger partial charge in [0.2, 0.25) is 0 Å². The number of aromatic nitrogens is 2. The first-order valence-corrected chi connectivity index (χ1v) is 9.88. The fraction of sp³-hybridized carbons (Fsp3) is 0.154. The Morgan fingerprint density at radius 2 is 1.28 bits per heavy atom. The molecule has 0 spiro atoms. The van der Waals surface area contributed by atoms with Crippen molar-refractivity contribution in [3.63, 3.8) is 0 Å². The van der Waals surface area contributed by atoms with Gasteiger partial charge in [0.25, 0.3) is 5.91 Å². The van der Waals surface area contributed by atoms with Crippen LogP contribution in [0.2, 0.25) is 0 Å². The van der Waals surface area contributed by atoms with Gasteiger partial charge in [0, 0.05) is 17.7 Å². The molecule has 1 aromatic heterocycles. The monoisotopic (exact) mass is 380 g/mol. The Labute approximate surface area is 171 Å². The van der Waals surface area contributed by atoms with Crippen LogP contribution in [0.1, 0.15) is 44.4 Å². The van der Waals surface area contributed by atoms with Gasteiger partial charge in [-0.1, -0.05) is 91.0 Å². The van der Waals surface area contributed by atoms with E-state index in [0.717, 1.165) is 34.5 Å². The number of nitrogens with zero attached hydrogens (tertiary/aromatic N) is 2. The fourth-order valence-corrected chi connectivity index (χ4v) is 3.84. The average molecular weight is 380 g/mol. The van der Waals surface area contributed by atoms with Crippen molar-refractivity contribution in [1.82, 2.24) is 9.78 Å². The molecule has 0 radical (unpaired) electrons. The van der Waals surface area contributed by atoms with E-state index in [9.17, 15) is 4.79 Å². The lowest BCUT2D eigenvalue weighted by Gasteiger charge is -2.17. The highest BCUT2D eigenvalue weighted by Crippen LogP contribution is 2.28. The van der Waals surface area contributed by atoms with Crippen molar-refractivity contribution in [3.8, 4) is 0 Å². The summed E-state index contributed by atoms with van der Waals surface area (Å²) in [6, 6.07) is 30.2. The van der Waals surface area contributed by atoms with Crippen molar-refractivity contribution < 1.29 is 4.79 Å². The minimum absolute atomic E-state index is 0.0256. The van der Waals surface area contributed by atoms with Crippen LogP contribution in [-0.2, 0) is 6.42 Å². The molecule has 0 bridgehead atoms. The summed E-state index contributed by atoms with van der Waals surface area (Å²) in [5.41, 5.74) is 6.09. The van der Waals surface area contributed by atoms with E-state index in [4.69, 9.17) is 0 Å². The lowest BCUT2D eigenvalue weighted by molar-refractivity contribution is 0.0874. The zero-order valence-electron chi connectivity index (χ0n) is 16.7. The van der Waals surface area contributed by atoms with Gasteiger partial charge < -0.3 is 0 Å². The molecule has 29 heavy (non-hydrogen) atoms. The molecule has 1 heterocycles. The number of benzene rings is 3. The summed E-state index contributed by atoms with van der Waals surface area (Å²) in [5.74, 6) is -0.415. The minimum atomic E-state index is -0.389. The fourth-order valence-electron chi connectivity index (χ4n) is 3.84. The Morgan fingerprint density at radius 1 is 0.793 bits per heavy atom. The van der Waals surface area contributed by atoms with Crippen LogP contribution in [0.3, 0.4) is 0 Å². The molecule has 3 aromatic carbocycles. The molecule has 0 unspecified atom stereocenters. The zero-order valence-corrected chi connectivity index (χ0v) is 16.7. The number of aryl methyl sites for hydroxylation is 1. The van der Waals surface area contributed by atoms with Crippen molar-refractivity contribution in [1.29, 1.82) is 0 Å². The van der Waals surface area contributed by atoms with E-state index in [0.29, 0.717) is 0 Å². The molecule has 0 fully saturated rings. The molecule has 0 amide bonds. The summed E-state index contributed by atoms with van der Waals surface area (Å²) in [6.07, 6.45) is 0.771. The topological polar surface area (TPSA) is 34.9 Å². The second-order valence-corrected chi connectivity index (χ2v) is 7.32. The van der Waals surface area contributed by atoms with Crippen LogP contribution in [0.4, 0.5) is 0 Å². The van der Waals surface area contributed by atoms with Gasteiger partial charge in [-0.25, -0.2) is 4.68 Å². The third-order valence-electron chi connectivity index (χ3n) is 5.39. The van der Waals surface area contributed by atoms with Gasteiger partial charge in [-0.05, 0) is 30.5 Å². The first kappa shape index (κ1) is 18.9. The second kappa shape index (κ2) is 8.27. The Balaban J connectivity index is 1.75. The van der Waals surface area contributed by atoms with Gasteiger partial charge in [0.1, 0.15) is 0 Å². The maximum atomic E-state index is 13.7. The lowest BCUT2D eigenvalue weighted by atomic mass is 9.90. The maximum absolute atomic E-state index is 13.7. The van der Waals surface area contributed by atoms with Crippen LogP contribution >= 0.6 is 0 Å². The van der Waals surface area contributed by atoms with E-state index in [1.54, 1.807) is 4.68 Å². The summed E-state index contributed by atoms with van der Waals surface area (Å²) < 4.78 is 1.60. The summed E-state index contributed by atoms with van der Waals surface area (Å²) in [6.45, 7) is 3.97. The van der Waals surface area contributed by atoms with E-state index in [2.05, 4.69) is 17.2 Å². The lowest BCUT2D eigenvalue weighted by Crippen LogP contribution is -2.23. The number of rotatable bonds is 5. The first-order valence-electron chi connectivity index (χ1n) is 9.88. The van der Waals surface area contributed by atoms with E-state index < -0.39 is 0 Å². The summed E-state index contributed by atoms with van der Waals surface area (Å²) in [4.78, 5) is 13.7. The SMILES string of the molecule is Cc1nn(C(=O)C(c2ccccc2)c2ccccc2)c(C)c1Cc1ccccc1. The van der Waals surface area contributed by atoms with E-state index in [1.807, 2.05) is 92.7 Å². The molecule has 0 N–H and O–H groups in total. The maximum Gasteiger partial charge on any atom is 0.259 e. The zero-order chi connectivity index (χ0) is 20.2. The highest BCUT2D eigenvalue weighted by Gasteiger charge is 2.27. The molecule has 0 saturated heterocycles. The molecule has 0 aliphatic carbocycles. The molecule has 3 heteroatoms. The van der Waals surface area contributed by atoms with Crippen molar-refractivity contribution in [2.45, 2.75) is 26.2 Å². The quantitative estimate of drug-likeness (QED) is 0.454. The van der Waals surface area contributed by atoms with Crippen LogP contribution in [-0.4, -0.2) is 15.7 Å². The molecular weight excluding hydrogens is 356 g/mol. The van der Waals surface area contributed by atoms with Crippen LogP contribution in [0.5, 0.6) is 0 Å². The van der Waals surface area contributed by atoms with Crippen LogP contribution < -0.4 is 0 Å². The minimum Gasteiger partial charge on any atom is -0.271 e. The predicted molar refractivity (Wildman–Crippen MR) is 116 cm³/mol. The van der Waals surface area contributed by atoms with Crippen molar-refractivity contribution in [2.75, 3.05) is 0 Å². The van der Waals surface area contributed by atoms with Crippen molar-refractivity contribution in [2.24, 2.45) is 0 Å². The van der Waals surface area contributed by atoms with Gasteiger partial charge in [-0.3, -0.25) is 4.79 Å². The smallest absolute Gasteiger partial charge is 0.259 e. The number of hydrogen-bond acceptors (Lipinski definition) is 2. The van der Waals surface area contributed by atoms with Crippen molar-refractivity contribution >= 4 is 5.91 Å². The normalized spacial score (nSPS) is 11.0. The van der Waals surface area contributed by atoms with Gasteiger partial charge in [0.15, 0.2) is 0 Å². The molecular formula is C26H24N2O. The Bertz CT molecular complexity index is 1060. The summed E-state index contributed by atoms with van der Waals surface area (Å²) in [5, 5.41) is 4.65. The predicted octanol–water partition coefficient (Wildman–Crippen LogP) is 5.56. The van der Waals surface area contributed by atoms with Crippen LogP contribution in [0.25, 0.3) is 0 Å². The Morgan fingerprint density at radius 3 is 1.79 bits per heavy atom. The molecule has 3 nitrogen and oxygen atoms in total. The third kappa shape index (κ3) is 3.90. The molecule has 144 valence electrons. The standard InChI is InChI=1S/C26H24N2O/c1-19-24(18-21-12-6-3-7-13-21)20(2)28(27-19)26(29)25(22-14-8-4-9-15-22)23-16-10-5-11-17-23/h3-17,25H,18H2,1-2H3. The molecule has 0 aliphatic heterocycles. The van der Waals surface area contributed by atoms with E-state index in [1.165, 1.54) is 5.56 Å². The highest BCUT2D eigenvalue weighted by atomic mass is 16.2. The first-order chi connectivity index (χ1) is 14.1. The molecule has 0 atom stereocenters. The molecule has 4 rings (SSSR count). The van der Waals surface area contributed by atoms with Gasteiger partial charge in [-0.15, -0.1) is 0 Å². The number of hydrogen-bond donors (Lipinski definition) is 0. The Hall–Kier alpha value is -3.46. The summed E-state index contributed by atoms with van der Waals surface area (Å²) >= 11 is 0. The van der Waals surface area contributed by atoms with Gasteiger partial charge in [0.05, 0.1) is 11.6 Å². The molecule has 4 aromatic rings. The average Bonchev–Trinajstić information content (AvgIpc) is 3.04. The van der Waals surface area contributed by atoms with Crippen LogP contribution in [0, 0.1) is 13.8 Å². The van der Waals surface area contributed by atoms with E-state index in [-0.39, 0.29) is 11.8 Å².